The van der Waals surface area contributed by atoms with E-state index >= 15 is 0 Å². The van der Waals surface area contributed by atoms with Crippen molar-refractivity contribution >= 4 is 29.1 Å². The summed E-state index contributed by atoms with van der Waals surface area (Å²) in [6.45, 7) is 1.35. The van der Waals surface area contributed by atoms with Crippen molar-refractivity contribution in [1.82, 2.24) is 0 Å². The molecule has 0 saturated carbocycles. The summed E-state index contributed by atoms with van der Waals surface area (Å²) in [7, 11) is 0. The highest BCUT2D eigenvalue weighted by Gasteiger charge is 2.27. The van der Waals surface area contributed by atoms with Gasteiger partial charge in [-0.05, 0) is 42.8 Å². The topological polar surface area (TPSA) is 89.5 Å². The molecular weight excluding hydrogens is 394 g/mol. The Hall–Kier alpha value is -4.06. The minimum atomic E-state index is -0.654. The molecule has 0 aromatic heterocycles. The van der Waals surface area contributed by atoms with Crippen LogP contribution in [0.5, 0.6) is 0 Å². The van der Waals surface area contributed by atoms with Gasteiger partial charge in [0.05, 0.1) is 11.5 Å². The van der Waals surface area contributed by atoms with Crippen molar-refractivity contribution in [3.63, 3.8) is 0 Å². The van der Waals surface area contributed by atoms with Gasteiger partial charge < -0.3 is 10.1 Å². The number of nitrogens with one attached hydrogen (secondary N) is 1. The largest absolute Gasteiger partial charge is 0.454 e. The van der Waals surface area contributed by atoms with Gasteiger partial charge in [0.15, 0.2) is 18.2 Å². The average molecular weight is 413 g/mol. The van der Waals surface area contributed by atoms with Crippen molar-refractivity contribution in [2.45, 2.75) is 12.8 Å². The summed E-state index contributed by atoms with van der Waals surface area (Å²) >= 11 is 0. The summed E-state index contributed by atoms with van der Waals surface area (Å²) < 4.78 is 5.14. The van der Waals surface area contributed by atoms with Gasteiger partial charge in [0.1, 0.15) is 0 Å². The van der Waals surface area contributed by atoms with Gasteiger partial charge in [-0.1, -0.05) is 42.5 Å². The lowest BCUT2D eigenvalue weighted by Gasteiger charge is -2.07. The molecule has 0 unspecified atom stereocenters. The Balaban J connectivity index is 1.38. The highest BCUT2D eigenvalue weighted by Crippen LogP contribution is 2.32. The van der Waals surface area contributed by atoms with Crippen LogP contribution in [0.15, 0.2) is 72.8 Å². The smallest absolute Gasteiger partial charge is 0.338 e. The lowest BCUT2D eigenvalue weighted by Crippen LogP contribution is -2.14. The minimum absolute atomic E-state index is 0.111. The maximum absolute atomic E-state index is 12.4. The van der Waals surface area contributed by atoms with Gasteiger partial charge in [-0.3, -0.25) is 14.4 Å². The van der Waals surface area contributed by atoms with Crippen LogP contribution < -0.4 is 5.32 Å². The van der Waals surface area contributed by atoms with E-state index in [1.807, 2.05) is 6.07 Å². The molecule has 1 aliphatic rings. The number of ether oxygens (including phenoxy) is 1. The summed E-state index contributed by atoms with van der Waals surface area (Å²) in [4.78, 5) is 48.9. The molecule has 0 aliphatic carbocycles. The molecule has 1 atom stereocenters. The summed E-state index contributed by atoms with van der Waals surface area (Å²) in [5.74, 6) is -1.60. The number of Topliss-reactive ketones (excluding diaryl/α,β-unsaturated/α-hetero) is 1. The fraction of sp³-hybridized carbons (Fsp3) is 0.120. The average Bonchev–Trinajstić information content (AvgIpc) is 3.10. The highest BCUT2D eigenvalue weighted by atomic mass is 16.5. The molecular formula is C25H19NO5. The lowest BCUT2D eigenvalue weighted by atomic mass is 9.99. The third kappa shape index (κ3) is 4.14. The quantitative estimate of drug-likeness (QED) is 0.487. The first-order valence-electron chi connectivity index (χ1n) is 9.79. The number of ketones is 2. The van der Waals surface area contributed by atoms with E-state index in [-0.39, 0.29) is 29.0 Å². The van der Waals surface area contributed by atoms with Gasteiger partial charge in [-0.15, -0.1) is 0 Å². The van der Waals surface area contributed by atoms with E-state index in [1.165, 1.54) is 12.1 Å². The van der Waals surface area contributed by atoms with Crippen molar-refractivity contribution in [3.8, 4) is 0 Å². The molecule has 1 N–H and O–H groups in total. The fourth-order valence-electron chi connectivity index (χ4n) is 3.40. The van der Waals surface area contributed by atoms with Crippen LogP contribution in [0.2, 0.25) is 0 Å². The van der Waals surface area contributed by atoms with Crippen LogP contribution in [0, 0.1) is 0 Å². The molecule has 0 spiro atoms. The predicted octanol–water partition coefficient (Wildman–Crippen LogP) is 4.01. The van der Waals surface area contributed by atoms with E-state index in [4.69, 9.17) is 4.74 Å². The van der Waals surface area contributed by atoms with Crippen LogP contribution in [0.4, 0.5) is 5.69 Å². The second-order valence-electron chi connectivity index (χ2n) is 7.28. The molecule has 6 nitrogen and oxygen atoms in total. The van der Waals surface area contributed by atoms with E-state index in [0.717, 1.165) is 5.56 Å². The molecule has 31 heavy (non-hydrogen) atoms. The van der Waals surface area contributed by atoms with Crippen LogP contribution in [0.3, 0.4) is 0 Å². The maximum Gasteiger partial charge on any atom is 0.338 e. The number of anilines is 1. The number of benzene rings is 3. The predicted molar refractivity (Wildman–Crippen MR) is 114 cm³/mol. The van der Waals surface area contributed by atoms with Crippen LogP contribution in [-0.4, -0.2) is 30.0 Å². The highest BCUT2D eigenvalue weighted by molar-refractivity contribution is 6.09. The van der Waals surface area contributed by atoms with Crippen molar-refractivity contribution in [1.29, 1.82) is 0 Å². The number of carbonyl (C=O) groups excluding carboxylic acids is 4. The van der Waals surface area contributed by atoms with Gasteiger partial charge in [0, 0.05) is 22.4 Å². The third-order valence-electron chi connectivity index (χ3n) is 5.24. The summed E-state index contributed by atoms with van der Waals surface area (Å²) in [5, 5.41) is 2.75. The number of amides is 1. The first-order chi connectivity index (χ1) is 14.9. The summed E-state index contributed by atoms with van der Waals surface area (Å²) in [6, 6.07) is 19.9. The number of hydrogen-bond acceptors (Lipinski definition) is 5. The molecule has 0 radical (unpaired) electrons. The zero-order chi connectivity index (χ0) is 22.0. The number of esters is 1. The van der Waals surface area contributed by atoms with Gasteiger partial charge >= 0.3 is 5.97 Å². The molecule has 0 bridgehead atoms. The Kier molecular flexibility index (Phi) is 5.45. The standard InChI is InChI=1S/C25H19NO5/c1-15-20-13-19(11-12-21(20)26-24(15)29)22(27)14-31-25(30)18-9-7-17(8-10-18)23(28)16-5-3-2-4-6-16/h2-13,15H,14H2,1H3,(H,26,29)/t15-/m0/s1. The maximum atomic E-state index is 12.4. The second kappa shape index (κ2) is 8.36. The monoisotopic (exact) mass is 413 g/mol. The Morgan fingerprint density at radius 2 is 1.45 bits per heavy atom. The molecule has 1 aliphatic heterocycles. The van der Waals surface area contributed by atoms with E-state index < -0.39 is 12.6 Å². The molecule has 3 aromatic rings. The van der Waals surface area contributed by atoms with E-state index in [9.17, 15) is 19.2 Å². The molecule has 0 saturated heterocycles. The molecule has 154 valence electrons. The number of rotatable bonds is 6. The van der Waals surface area contributed by atoms with Crippen molar-refractivity contribution in [2.75, 3.05) is 11.9 Å². The van der Waals surface area contributed by atoms with Crippen LogP contribution in [0.25, 0.3) is 0 Å². The Morgan fingerprint density at radius 1 is 0.839 bits per heavy atom. The molecule has 0 fully saturated rings. The second-order valence-corrected chi connectivity index (χ2v) is 7.28. The lowest BCUT2D eigenvalue weighted by molar-refractivity contribution is -0.116. The molecule has 3 aromatic carbocycles. The SMILES string of the molecule is C[C@@H]1C(=O)Nc2ccc(C(=O)COC(=O)c3ccc(C(=O)c4ccccc4)cc3)cc21. The zero-order valence-corrected chi connectivity index (χ0v) is 16.8. The summed E-state index contributed by atoms with van der Waals surface area (Å²) in [5.41, 5.74) is 3.07. The molecule has 1 amide bonds. The van der Waals surface area contributed by atoms with Gasteiger partial charge in [0.25, 0.3) is 0 Å². The zero-order valence-electron chi connectivity index (χ0n) is 16.8. The Bertz CT molecular complexity index is 1180. The summed E-state index contributed by atoms with van der Waals surface area (Å²) in [6.07, 6.45) is 0. The third-order valence-corrected chi connectivity index (χ3v) is 5.24. The van der Waals surface area contributed by atoms with Crippen LogP contribution in [-0.2, 0) is 9.53 Å². The van der Waals surface area contributed by atoms with Gasteiger partial charge in [-0.25, -0.2) is 4.79 Å². The van der Waals surface area contributed by atoms with Crippen molar-refractivity contribution in [3.05, 3.63) is 101 Å². The number of fused-ring (bicyclic) bond motifs is 1. The first kappa shape index (κ1) is 20.2. The van der Waals surface area contributed by atoms with Gasteiger partial charge in [0.2, 0.25) is 5.91 Å². The first-order valence-corrected chi connectivity index (χ1v) is 9.79. The Labute approximate surface area is 178 Å². The van der Waals surface area contributed by atoms with E-state index in [0.29, 0.717) is 22.4 Å². The van der Waals surface area contributed by atoms with Crippen LogP contribution in [0.1, 0.15) is 55.0 Å². The van der Waals surface area contributed by atoms with E-state index in [2.05, 4.69) is 5.32 Å². The number of carbonyl (C=O) groups is 4. The normalized spacial score (nSPS) is 14.5. The van der Waals surface area contributed by atoms with Crippen LogP contribution >= 0.6 is 0 Å². The molecule has 6 heteroatoms. The van der Waals surface area contributed by atoms with Gasteiger partial charge in [-0.2, -0.15) is 0 Å². The van der Waals surface area contributed by atoms with Crippen molar-refractivity contribution < 1.29 is 23.9 Å². The van der Waals surface area contributed by atoms with E-state index in [1.54, 1.807) is 61.5 Å². The van der Waals surface area contributed by atoms with Crippen molar-refractivity contribution in [2.24, 2.45) is 0 Å². The molecule has 1 heterocycles. The molecule has 4 rings (SSSR count). The number of hydrogen-bond donors (Lipinski definition) is 1. The fourth-order valence-corrected chi connectivity index (χ4v) is 3.40. The minimum Gasteiger partial charge on any atom is -0.454 e. The Morgan fingerprint density at radius 3 is 2.16 bits per heavy atom.